The van der Waals surface area contributed by atoms with E-state index in [1.807, 2.05) is 0 Å². The number of rotatable bonds is 6. The summed E-state index contributed by atoms with van der Waals surface area (Å²) in [6.07, 6.45) is 3.36. The lowest BCUT2D eigenvalue weighted by molar-refractivity contribution is 0.354. The molecule has 114 valence electrons. The van der Waals surface area contributed by atoms with Crippen molar-refractivity contribution in [2.75, 3.05) is 14.2 Å². The molecule has 1 aromatic heterocycles. The molecule has 0 aliphatic heterocycles. The van der Waals surface area contributed by atoms with Gasteiger partial charge in [0.15, 0.2) is 11.5 Å². The molecule has 2 aromatic rings. The van der Waals surface area contributed by atoms with E-state index < -0.39 is 10.0 Å². The molecule has 7 nitrogen and oxygen atoms in total. The minimum absolute atomic E-state index is 0.115. The number of hydrogen-bond donors (Lipinski definition) is 1. The van der Waals surface area contributed by atoms with Crippen LogP contribution in [0.5, 0.6) is 11.5 Å². The van der Waals surface area contributed by atoms with Gasteiger partial charge < -0.3 is 9.47 Å². The summed E-state index contributed by atoms with van der Waals surface area (Å²) in [5.41, 5.74) is 0.779. The highest BCUT2D eigenvalue weighted by atomic mass is 32.2. The van der Waals surface area contributed by atoms with Crippen molar-refractivity contribution in [2.45, 2.75) is 11.4 Å². The van der Waals surface area contributed by atoms with Crippen molar-refractivity contribution < 1.29 is 17.9 Å². The van der Waals surface area contributed by atoms with E-state index >= 15 is 0 Å². The fourth-order valence-corrected chi connectivity index (χ4v) is 2.84. The van der Waals surface area contributed by atoms with Crippen LogP contribution in [0.3, 0.4) is 0 Å². The van der Waals surface area contributed by atoms with Crippen LogP contribution in [0.2, 0.25) is 0 Å². The van der Waals surface area contributed by atoms with Crippen LogP contribution in [0.4, 0.5) is 0 Å². The number of nitrogens with one attached hydrogen (secondary N) is 1. The molecule has 0 bridgehead atoms. The van der Waals surface area contributed by atoms with Crippen LogP contribution in [0.25, 0.3) is 0 Å². The number of sulfonamides is 1. The summed E-state index contributed by atoms with van der Waals surface area (Å²) < 4.78 is 38.8. The number of nitrogens with zero attached hydrogens (tertiary/aromatic N) is 2. The van der Waals surface area contributed by atoms with Crippen LogP contribution in [0, 0.1) is 0 Å². The zero-order valence-electron chi connectivity index (χ0n) is 12.0. The standard InChI is InChI=1S/C13H17N3O4S/c1-16-9-10(7-14-16)8-15-21(17,18)11-4-5-12(19-2)13(6-11)20-3/h4-7,9,15H,8H2,1-3H3. The SMILES string of the molecule is COc1ccc(S(=O)(=O)NCc2cnn(C)c2)cc1OC. The van der Waals surface area contributed by atoms with Gasteiger partial charge in [-0.2, -0.15) is 5.10 Å². The van der Waals surface area contributed by atoms with Crippen LogP contribution < -0.4 is 14.2 Å². The van der Waals surface area contributed by atoms with E-state index in [0.29, 0.717) is 11.5 Å². The summed E-state index contributed by atoms with van der Waals surface area (Å²) in [6.45, 7) is 0.171. The van der Waals surface area contributed by atoms with Gasteiger partial charge in [0.2, 0.25) is 10.0 Å². The topological polar surface area (TPSA) is 82.5 Å². The van der Waals surface area contributed by atoms with Crippen LogP contribution in [0.1, 0.15) is 5.56 Å². The molecule has 0 amide bonds. The monoisotopic (exact) mass is 311 g/mol. The Bertz CT molecular complexity index is 725. The molecule has 0 spiro atoms. The maximum atomic E-state index is 12.2. The van der Waals surface area contributed by atoms with Gasteiger partial charge in [-0.25, -0.2) is 13.1 Å². The van der Waals surface area contributed by atoms with Gasteiger partial charge >= 0.3 is 0 Å². The number of aryl methyl sites for hydroxylation is 1. The highest BCUT2D eigenvalue weighted by molar-refractivity contribution is 7.89. The van der Waals surface area contributed by atoms with Crippen LogP contribution in [0.15, 0.2) is 35.5 Å². The Balaban J connectivity index is 2.19. The Hall–Kier alpha value is -2.06. The highest BCUT2D eigenvalue weighted by Gasteiger charge is 2.17. The summed E-state index contributed by atoms with van der Waals surface area (Å²) in [5.74, 6) is 0.838. The molecule has 2 rings (SSSR count). The van der Waals surface area contributed by atoms with Gasteiger partial charge in [-0.1, -0.05) is 0 Å². The highest BCUT2D eigenvalue weighted by Crippen LogP contribution is 2.29. The van der Waals surface area contributed by atoms with E-state index in [9.17, 15) is 8.42 Å². The number of methoxy groups -OCH3 is 2. The molecule has 8 heteroatoms. The Morgan fingerprint density at radius 3 is 2.52 bits per heavy atom. The third kappa shape index (κ3) is 3.53. The molecule has 0 aliphatic rings. The summed E-state index contributed by atoms with van der Waals surface area (Å²) in [5, 5.41) is 3.99. The van der Waals surface area contributed by atoms with Crippen LogP contribution >= 0.6 is 0 Å². The van der Waals surface area contributed by atoms with Crippen molar-refractivity contribution in [3.05, 3.63) is 36.2 Å². The molecular weight excluding hydrogens is 294 g/mol. The lowest BCUT2D eigenvalue weighted by Gasteiger charge is -2.10. The number of aromatic nitrogens is 2. The lowest BCUT2D eigenvalue weighted by Crippen LogP contribution is -2.23. The fraction of sp³-hybridized carbons (Fsp3) is 0.308. The predicted octanol–water partition coefficient (Wildman–Crippen LogP) is 0.916. The third-order valence-electron chi connectivity index (χ3n) is 2.89. The molecule has 1 aromatic carbocycles. The van der Waals surface area contributed by atoms with Crippen molar-refractivity contribution in [3.63, 3.8) is 0 Å². The largest absolute Gasteiger partial charge is 0.493 e. The van der Waals surface area contributed by atoms with E-state index in [0.717, 1.165) is 5.56 Å². The third-order valence-corrected chi connectivity index (χ3v) is 4.29. The Morgan fingerprint density at radius 1 is 1.24 bits per heavy atom. The molecule has 0 radical (unpaired) electrons. The average molecular weight is 311 g/mol. The second-order valence-corrected chi connectivity index (χ2v) is 6.13. The summed E-state index contributed by atoms with van der Waals surface area (Å²) in [4.78, 5) is 0.115. The minimum atomic E-state index is -3.63. The van der Waals surface area contributed by atoms with Gasteiger partial charge in [0.05, 0.1) is 25.3 Å². The second-order valence-electron chi connectivity index (χ2n) is 4.36. The molecular formula is C13H17N3O4S. The molecule has 0 atom stereocenters. The van der Waals surface area contributed by atoms with Gasteiger partial charge in [-0.15, -0.1) is 0 Å². The van der Waals surface area contributed by atoms with Crippen molar-refractivity contribution in [1.29, 1.82) is 0 Å². The molecule has 0 saturated heterocycles. The first-order valence-electron chi connectivity index (χ1n) is 6.15. The number of benzene rings is 1. The Kier molecular flexibility index (Phi) is 4.49. The molecule has 21 heavy (non-hydrogen) atoms. The molecule has 0 aliphatic carbocycles. The zero-order chi connectivity index (χ0) is 15.5. The van der Waals surface area contributed by atoms with Gasteiger partial charge in [0, 0.05) is 31.4 Å². The first-order chi connectivity index (χ1) is 9.96. The average Bonchev–Trinajstić information content (AvgIpc) is 2.90. The van der Waals surface area contributed by atoms with Crippen molar-refractivity contribution in [1.82, 2.24) is 14.5 Å². The quantitative estimate of drug-likeness (QED) is 0.857. The van der Waals surface area contributed by atoms with E-state index in [4.69, 9.17) is 9.47 Å². The second kappa shape index (κ2) is 6.15. The smallest absolute Gasteiger partial charge is 0.241 e. The number of ether oxygens (including phenoxy) is 2. The van der Waals surface area contributed by atoms with Gasteiger partial charge in [-0.3, -0.25) is 4.68 Å². The zero-order valence-corrected chi connectivity index (χ0v) is 12.8. The van der Waals surface area contributed by atoms with Crippen LogP contribution in [-0.2, 0) is 23.6 Å². The van der Waals surface area contributed by atoms with E-state index in [-0.39, 0.29) is 11.4 Å². The normalized spacial score (nSPS) is 11.4. The maximum Gasteiger partial charge on any atom is 0.241 e. The Labute approximate surface area is 123 Å². The summed E-state index contributed by atoms with van der Waals surface area (Å²) in [6, 6.07) is 4.44. The maximum absolute atomic E-state index is 12.2. The molecule has 0 unspecified atom stereocenters. The molecule has 1 heterocycles. The summed E-state index contributed by atoms with van der Waals surface area (Å²) >= 11 is 0. The van der Waals surface area contributed by atoms with Crippen LogP contribution in [-0.4, -0.2) is 32.4 Å². The molecule has 1 N–H and O–H groups in total. The van der Waals surface area contributed by atoms with Crippen molar-refractivity contribution in [3.8, 4) is 11.5 Å². The first-order valence-corrected chi connectivity index (χ1v) is 7.64. The lowest BCUT2D eigenvalue weighted by atomic mass is 10.3. The van der Waals surface area contributed by atoms with E-state index in [1.54, 1.807) is 30.2 Å². The Morgan fingerprint density at radius 2 is 1.95 bits per heavy atom. The molecule has 0 saturated carbocycles. The first kappa shape index (κ1) is 15.3. The van der Waals surface area contributed by atoms with Crippen molar-refractivity contribution >= 4 is 10.0 Å². The van der Waals surface area contributed by atoms with E-state index in [1.165, 1.54) is 26.4 Å². The molecule has 0 fully saturated rings. The van der Waals surface area contributed by atoms with Gasteiger partial charge in [0.1, 0.15) is 0 Å². The van der Waals surface area contributed by atoms with Crippen molar-refractivity contribution in [2.24, 2.45) is 7.05 Å². The predicted molar refractivity (Wildman–Crippen MR) is 76.8 cm³/mol. The fourth-order valence-electron chi connectivity index (χ4n) is 1.81. The van der Waals surface area contributed by atoms with Gasteiger partial charge in [0.25, 0.3) is 0 Å². The van der Waals surface area contributed by atoms with E-state index in [2.05, 4.69) is 9.82 Å². The minimum Gasteiger partial charge on any atom is -0.493 e. The van der Waals surface area contributed by atoms with Gasteiger partial charge in [-0.05, 0) is 12.1 Å². The number of hydrogen-bond acceptors (Lipinski definition) is 5. The summed E-state index contributed by atoms with van der Waals surface area (Å²) in [7, 11) is 1.09.